The molecule has 2 aromatic carbocycles. The molecule has 5 rings (SSSR count). The van der Waals surface area contributed by atoms with Gasteiger partial charge in [-0.1, -0.05) is 6.07 Å². The summed E-state index contributed by atoms with van der Waals surface area (Å²) in [5.74, 6) is -0.561. The van der Waals surface area contributed by atoms with Crippen LogP contribution < -0.4 is 10.1 Å². The number of carbonyl (C=O) groups excluding carboxylic acids is 1. The summed E-state index contributed by atoms with van der Waals surface area (Å²) >= 11 is 1.29. The molecule has 1 saturated heterocycles. The van der Waals surface area contributed by atoms with E-state index in [1.807, 2.05) is 0 Å². The average molecular weight is 501 g/mol. The van der Waals surface area contributed by atoms with Gasteiger partial charge in [0.25, 0.3) is 12.3 Å². The van der Waals surface area contributed by atoms with Gasteiger partial charge in [0.05, 0.1) is 17.7 Å². The molecule has 0 spiro atoms. The molecule has 4 aromatic rings. The lowest BCUT2D eigenvalue weighted by atomic mass is 10.1. The molecule has 1 atom stereocenters. The van der Waals surface area contributed by atoms with Crippen molar-refractivity contribution in [2.24, 2.45) is 0 Å². The first-order valence-corrected chi connectivity index (χ1v) is 11.7. The Morgan fingerprint density at radius 2 is 2.20 bits per heavy atom. The summed E-state index contributed by atoms with van der Waals surface area (Å²) in [6.45, 7) is 4.15. The van der Waals surface area contributed by atoms with Crippen LogP contribution in [0.2, 0.25) is 0 Å². The minimum atomic E-state index is -2.76. The maximum absolute atomic E-state index is 14.0. The van der Waals surface area contributed by atoms with Crippen LogP contribution in [0.25, 0.3) is 22.4 Å². The van der Waals surface area contributed by atoms with E-state index in [-0.39, 0.29) is 41.3 Å². The zero-order chi connectivity index (χ0) is 24.6. The van der Waals surface area contributed by atoms with Crippen molar-refractivity contribution in [3.63, 3.8) is 0 Å². The summed E-state index contributed by atoms with van der Waals surface area (Å²) in [5, 5.41) is 4.92. The summed E-state index contributed by atoms with van der Waals surface area (Å²) < 4.78 is 44.9. The number of anilines is 1. The maximum Gasteiger partial charge on any atom is 0.264 e. The maximum atomic E-state index is 14.0. The number of imidazole rings is 1. The second-order valence-electron chi connectivity index (χ2n) is 8.39. The van der Waals surface area contributed by atoms with Gasteiger partial charge in [-0.2, -0.15) is 0 Å². The van der Waals surface area contributed by atoms with E-state index >= 15 is 0 Å². The van der Waals surface area contributed by atoms with Gasteiger partial charge in [0.1, 0.15) is 29.8 Å². The van der Waals surface area contributed by atoms with Gasteiger partial charge < -0.3 is 19.2 Å². The number of para-hydroxylation sites is 1. The van der Waals surface area contributed by atoms with Gasteiger partial charge in [-0.25, -0.2) is 18.7 Å². The average Bonchev–Trinajstić information content (AvgIpc) is 3.56. The van der Waals surface area contributed by atoms with Crippen molar-refractivity contribution in [1.82, 2.24) is 15.0 Å². The number of hydrogen-bond acceptors (Lipinski definition) is 7. The van der Waals surface area contributed by atoms with Crippen molar-refractivity contribution in [3.8, 4) is 17.1 Å². The number of nitrogens with zero attached hydrogens (tertiary/aromatic N) is 2. The Labute approximate surface area is 203 Å². The van der Waals surface area contributed by atoms with Gasteiger partial charge in [-0.15, -0.1) is 11.3 Å². The number of aromatic nitrogens is 3. The number of nitrogens with one attached hydrogen (secondary N) is 2. The highest BCUT2D eigenvalue weighted by Crippen LogP contribution is 2.34. The number of carbonyl (C=O) groups is 1. The van der Waals surface area contributed by atoms with E-state index in [9.17, 15) is 13.6 Å². The molecule has 0 bridgehead atoms. The summed E-state index contributed by atoms with van der Waals surface area (Å²) in [7, 11) is 0. The highest BCUT2D eigenvalue weighted by atomic mass is 32.1. The number of benzene rings is 2. The third kappa shape index (κ3) is 5.02. The van der Waals surface area contributed by atoms with Gasteiger partial charge in [0, 0.05) is 22.7 Å². The van der Waals surface area contributed by atoms with Crippen LogP contribution in [0.5, 0.6) is 5.75 Å². The zero-order valence-corrected chi connectivity index (χ0v) is 19.7. The Kier molecular flexibility index (Phi) is 6.22. The fourth-order valence-electron chi connectivity index (χ4n) is 3.85. The van der Waals surface area contributed by atoms with Crippen LogP contribution in [-0.2, 0) is 9.47 Å². The van der Waals surface area contributed by atoms with Crippen molar-refractivity contribution in [1.29, 1.82) is 0 Å². The molecule has 2 N–H and O–H groups in total. The number of H-pyrrole nitrogens is 1. The molecule has 2 aromatic heterocycles. The second kappa shape index (κ2) is 9.33. The fraction of sp³-hybridized carbons (Fsp3) is 0.292. The standard InChI is InChI=1S/C24H22F2N4O4S/c1-24(2)33-12-14(34-24)11-32-13-6-7-15(17(10-13)20(25)26)21-28-18-5-3-4-16(19(18)29-21)22(31)30-23-27-8-9-35-23/h3-10,14,20H,11-12H2,1-2H3,(H,28,29)(H,27,30,31). The molecule has 1 aliphatic rings. The van der Waals surface area contributed by atoms with E-state index in [0.29, 0.717) is 28.3 Å². The number of thiazole rings is 1. The molecule has 35 heavy (non-hydrogen) atoms. The number of halogens is 2. The van der Waals surface area contributed by atoms with Crippen LogP contribution >= 0.6 is 11.3 Å². The zero-order valence-electron chi connectivity index (χ0n) is 18.9. The SMILES string of the molecule is CC1(C)OCC(COc2ccc(-c3nc4c(C(=O)Nc5nccs5)cccc4[nH]3)c(C(F)F)c2)O1. The van der Waals surface area contributed by atoms with Crippen molar-refractivity contribution < 1.29 is 27.8 Å². The molecule has 3 heterocycles. The second-order valence-corrected chi connectivity index (χ2v) is 9.28. The van der Waals surface area contributed by atoms with Crippen LogP contribution in [0.3, 0.4) is 0 Å². The molecule has 8 nitrogen and oxygen atoms in total. The first-order chi connectivity index (χ1) is 16.8. The smallest absolute Gasteiger partial charge is 0.264 e. The van der Waals surface area contributed by atoms with Gasteiger partial charge in [-0.05, 0) is 44.2 Å². The third-order valence-electron chi connectivity index (χ3n) is 5.43. The van der Waals surface area contributed by atoms with Crippen LogP contribution in [0.1, 0.15) is 36.2 Å². The Morgan fingerprint density at radius 1 is 1.34 bits per heavy atom. The molecule has 1 unspecified atom stereocenters. The van der Waals surface area contributed by atoms with Crippen molar-refractivity contribution in [3.05, 3.63) is 59.1 Å². The molecule has 1 fully saturated rings. The Balaban J connectivity index is 1.41. The van der Waals surface area contributed by atoms with Crippen molar-refractivity contribution in [2.75, 3.05) is 18.5 Å². The van der Waals surface area contributed by atoms with E-state index < -0.39 is 12.2 Å². The number of fused-ring (bicyclic) bond motifs is 1. The number of hydrogen-bond donors (Lipinski definition) is 2. The van der Waals surface area contributed by atoms with Crippen LogP contribution in [0.4, 0.5) is 13.9 Å². The highest BCUT2D eigenvalue weighted by molar-refractivity contribution is 7.13. The summed E-state index contributed by atoms with van der Waals surface area (Å²) in [6.07, 6.45) is -1.47. The monoisotopic (exact) mass is 500 g/mol. The lowest BCUT2D eigenvalue weighted by Crippen LogP contribution is -2.25. The lowest BCUT2D eigenvalue weighted by molar-refractivity contribution is -0.141. The number of ether oxygens (including phenoxy) is 3. The third-order valence-corrected chi connectivity index (χ3v) is 6.12. The van der Waals surface area contributed by atoms with Crippen molar-refractivity contribution in [2.45, 2.75) is 32.2 Å². The van der Waals surface area contributed by atoms with Crippen LogP contribution in [-0.4, -0.2) is 46.0 Å². The highest BCUT2D eigenvalue weighted by Gasteiger charge is 2.33. The predicted octanol–water partition coefficient (Wildman–Crippen LogP) is 5.41. The predicted molar refractivity (Wildman–Crippen MR) is 127 cm³/mol. The van der Waals surface area contributed by atoms with Gasteiger partial charge in [0.15, 0.2) is 10.9 Å². The topological polar surface area (TPSA) is 98.4 Å². The molecule has 0 radical (unpaired) electrons. The Morgan fingerprint density at radius 3 is 2.91 bits per heavy atom. The minimum absolute atomic E-state index is 0.174. The van der Waals surface area contributed by atoms with Crippen LogP contribution in [0.15, 0.2) is 48.0 Å². The normalized spacial score (nSPS) is 17.2. The fourth-order valence-corrected chi connectivity index (χ4v) is 4.38. The molecule has 1 aliphatic heterocycles. The quantitative estimate of drug-likeness (QED) is 0.352. The summed E-state index contributed by atoms with van der Waals surface area (Å²) in [6, 6.07) is 9.48. The van der Waals surface area contributed by atoms with Gasteiger partial charge in [0.2, 0.25) is 0 Å². The van der Waals surface area contributed by atoms with E-state index in [1.54, 1.807) is 49.7 Å². The molecule has 11 heteroatoms. The van der Waals surface area contributed by atoms with E-state index in [2.05, 4.69) is 20.3 Å². The first-order valence-electron chi connectivity index (χ1n) is 10.9. The molecular formula is C24H22F2N4O4S. The molecule has 0 aliphatic carbocycles. The van der Waals surface area contributed by atoms with E-state index in [0.717, 1.165) is 0 Å². The number of rotatable bonds is 7. The number of amides is 1. The van der Waals surface area contributed by atoms with Gasteiger partial charge >= 0.3 is 0 Å². The number of alkyl halides is 2. The molecule has 182 valence electrons. The Bertz CT molecular complexity index is 1360. The Hall–Kier alpha value is -3.41. The summed E-state index contributed by atoms with van der Waals surface area (Å²) in [4.78, 5) is 24.3. The largest absolute Gasteiger partial charge is 0.491 e. The number of aromatic amines is 1. The molecule has 0 saturated carbocycles. The summed E-state index contributed by atoms with van der Waals surface area (Å²) in [5.41, 5.74) is 1.21. The molecule has 1 amide bonds. The van der Waals surface area contributed by atoms with E-state index in [1.165, 1.54) is 23.5 Å². The van der Waals surface area contributed by atoms with Gasteiger partial charge in [-0.3, -0.25) is 10.1 Å². The minimum Gasteiger partial charge on any atom is -0.491 e. The van der Waals surface area contributed by atoms with E-state index in [4.69, 9.17) is 14.2 Å². The van der Waals surface area contributed by atoms with Crippen molar-refractivity contribution >= 4 is 33.4 Å². The first kappa shape index (κ1) is 23.3. The molecular weight excluding hydrogens is 478 g/mol. The van der Waals surface area contributed by atoms with Crippen LogP contribution in [0, 0.1) is 0 Å². The lowest BCUT2D eigenvalue weighted by Gasteiger charge is -2.17.